The Morgan fingerprint density at radius 2 is 2.40 bits per heavy atom. The van der Waals surface area contributed by atoms with Crippen LogP contribution < -0.4 is 10.5 Å². The van der Waals surface area contributed by atoms with Crippen LogP contribution >= 0.6 is 11.3 Å². The zero-order valence-corrected chi connectivity index (χ0v) is 10.1. The van der Waals surface area contributed by atoms with E-state index in [9.17, 15) is 8.42 Å². The number of sulfonamides is 1. The number of nitrogens with one attached hydrogen (secondary N) is 1. The first-order valence-corrected chi connectivity index (χ1v) is 7.21. The summed E-state index contributed by atoms with van der Waals surface area (Å²) in [5.41, 5.74) is 1.78. The minimum Gasteiger partial charge on any atom is -0.309 e. The number of hydrogen-bond donors (Lipinski definition) is 2. The summed E-state index contributed by atoms with van der Waals surface area (Å²) in [5.74, 6) is 0.0232. The average Bonchev–Trinajstić information content (AvgIpc) is 2.63. The Labute approximate surface area is 93.8 Å². The highest BCUT2D eigenvalue weighted by Gasteiger charge is 2.06. The van der Waals surface area contributed by atoms with E-state index in [0.29, 0.717) is 13.0 Å². The molecule has 0 saturated carbocycles. The van der Waals surface area contributed by atoms with Gasteiger partial charge in [-0.2, -0.15) is 0 Å². The third kappa shape index (κ3) is 5.22. The average molecular weight is 249 g/mol. The van der Waals surface area contributed by atoms with E-state index in [1.807, 2.05) is 13.1 Å². The van der Waals surface area contributed by atoms with Gasteiger partial charge in [0.2, 0.25) is 10.0 Å². The van der Waals surface area contributed by atoms with E-state index in [0.717, 1.165) is 4.88 Å². The largest absolute Gasteiger partial charge is 0.309 e. The smallest absolute Gasteiger partial charge is 0.209 e. The van der Waals surface area contributed by atoms with Crippen LogP contribution in [-0.2, 0) is 10.0 Å². The Kier molecular flexibility index (Phi) is 4.65. The van der Waals surface area contributed by atoms with Crippen molar-refractivity contribution in [2.75, 3.05) is 12.3 Å². The van der Waals surface area contributed by atoms with Crippen molar-refractivity contribution in [3.63, 3.8) is 0 Å². The molecule has 7 heteroatoms. The number of nitrogens with two attached hydrogens (primary N) is 1. The van der Waals surface area contributed by atoms with Crippen molar-refractivity contribution in [1.29, 1.82) is 0 Å². The highest BCUT2D eigenvalue weighted by molar-refractivity contribution is 7.89. The van der Waals surface area contributed by atoms with Gasteiger partial charge in [0, 0.05) is 17.1 Å². The Morgan fingerprint density at radius 3 is 2.93 bits per heavy atom. The van der Waals surface area contributed by atoms with E-state index in [2.05, 4.69) is 10.3 Å². The van der Waals surface area contributed by atoms with Crippen molar-refractivity contribution in [3.8, 4) is 0 Å². The molecule has 0 radical (unpaired) electrons. The zero-order chi connectivity index (χ0) is 11.3. The highest BCUT2D eigenvalue weighted by Crippen LogP contribution is 2.15. The van der Waals surface area contributed by atoms with Gasteiger partial charge in [0.15, 0.2) is 0 Å². The summed E-state index contributed by atoms with van der Waals surface area (Å²) in [7, 11) is -3.33. The molecule has 1 aromatic heterocycles. The molecule has 1 unspecified atom stereocenters. The molecular formula is C8H15N3O2S2. The third-order valence-corrected chi connectivity index (χ3v) is 3.75. The lowest BCUT2D eigenvalue weighted by molar-refractivity contribution is 0.565. The fourth-order valence-corrected chi connectivity index (χ4v) is 2.33. The molecule has 1 rings (SSSR count). The van der Waals surface area contributed by atoms with Gasteiger partial charge in [-0.1, -0.05) is 0 Å². The van der Waals surface area contributed by atoms with Crippen LogP contribution in [0.25, 0.3) is 0 Å². The summed E-state index contributed by atoms with van der Waals surface area (Å²) in [4.78, 5) is 5.12. The van der Waals surface area contributed by atoms with Gasteiger partial charge in [-0.25, -0.2) is 13.6 Å². The molecule has 0 fully saturated rings. The first-order chi connectivity index (χ1) is 6.99. The summed E-state index contributed by atoms with van der Waals surface area (Å²) in [6.07, 6.45) is 2.34. The van der Waals surface area contributed by atoms with E-state index in [1.165, 1.54) is 0 Å². The van der Waals surface area contributed by atoms with E-state index >= 15 is 0 Å². The summed E-state index contributed by atoms with van der Waals surface area (Å²) < 4.78 is 21.3. The van der Waals surface area contributed by atoms with Crippen molar-refractivity contribution in [3.05, 3.63) is 16.6 Å². The topological polar surface area (TPSA) is 85.1 Å². The molecular weight excluding hydrogens is 234 g/mol. The minimum absolute atomic E-state index is 0.0232. The quantitative estimate of drug-likeness (QED) is 0.718. The number of nitrogens with zero attached hydrogens (tertiary/aromatic N) is 1. The fourth-order valence-electron chi connectivity index (χ4n) is 1.13. The van der Waals surface area contributed by atoms with E-state index in [-0.39, 0.29) is 11.8 Å². The van der Waals surface area contributed by atoms with Gasteiger partial charge in [-0.05, 0) is 19.9 Å². The molecule has 0 bridgehead atoms. The molecule has 0 spiro atoms. The van der Waals surface area contributed by atoms with Crippen LogP contribution in [0, 0.1) is 0 Å². The maximum atomic E-state index is 10.6. The van der Waals surface area contributed by atoms with Crippen molar-refractivity contribution >= 4 is 21.4 Å². The lowest BCUT2D eigenvalue weighted by Crippen LogP contribution is -2.23. The van der Waals surface area contributed by atoms with Gasteiger partial charge in [0.25, 0.3) is 0 Å². The van der Waals surface area contributed by atoms with Crippen LogP contribution in [-0.4, -0.2) is 25.7 Å². The first kappa shape index (κ1) is 12.6. The SMILES string of the molecule is CC(NCCCS(N)(=O)=O)c1cncs1. The van der Waals surface area contributed by atoms with Gasteiger partial charge in [0.1, 0.15) is 0 Å². The van der Waals surface area contributed by atoms with Gasteiger partial charge in [-0.15, -0.1) is 11.3 Å². The van der Waals surface area contributed by atoms with Crippen LogP contribution in [0.5, 0.6) is 0 Å². The number of thiazole rings is 1. The van der Waals surface area contributed by atoms with Crippen molar-refractivity contribution in [1.82, 2.24) is 10.3 Å². The maximum Gasteiger partial charge on any atom is 0.209 e. The first-order valence-electron chi connectivity index (χ1n) is 4.61. The van der Waals surface area contributed by atoms with Gasteiger partial charge in [-0.3, -0.25) is 4.98 Å². The van der Waals surface area contributed by atoms with E-state index in [4.69, 9.17) is 5.14 Å². The second-order valence-corrected chi connectivity index (χ2v) is 5.95. The monoisotopic (exact) mass is 249 g/mol. The predicted molar refractivity (Wildman–Crippen MR) is 61.1 cm³/mol. The number of primary sulfonamides is 1. The van der Waals surface area contributed by atoms with Crippen molar-refractivity contribution in [2.45, 2.75) is 19.4 Å². The summed E-state index contributed by atoms with van der Waals surface area (Å²) in [5, 5.41) is 8.09. The van der Waals surface area contributed by atoms with Crippen LogP contribution in [0.15, 0.2) is 11.7 Å². The second-order valence-electron chi connectivity index (χ2n) is 3.30. The summed E-state index contributed by atoms with van der Waals surface area (Å²) in [6.45, 7) is 2.65. The molecule has 0 amide bonds. The Bertz CT molecular complexity index is 375. The molecule has 0 aliphatic carbocycles. The lowest BCUT2D eigenvalue weighted by Gasteiger charge is -2.10. The fraction of sp³-hybridized carbons (Fsp3) is 0.625. The lowest BCUT2D eigenvalue weighted by atomic mass is 10.3. The second kappa shape index (κ2) is 5.55. The highest BCUT2D eigenvalue weighted by atomic mass is 32.2. The number of hydrogen-bond acceptors (Lipinski definition) is 5. The van der Waals surface area contributed by atoms with Crippen molar-refractivity contribution in [2.24, 2.45) is 5.14 Å². The molecule has 3 N–H and O–H groups in total. The molecule has 15 heavy (non-hydrogen) atoms. The maximum absolute atomic E-state index is 10.6. The summed E-state index contributed by atoms with van der Waals surface area (Å²) in [6, 6.07) is 0.206. The molecule has 5 nitrogen and oxygen atoms in total. The Morgan fingerprint density at radius 1 is 1.67 bits per heavy atom. The van der Waals surface area contributed by atoms with Crippen molar-refractivity contribution < 1.29 is 8.42 Å². The van der Waals surface area contributed by atoms with E-state index in [1.54, 1.807) is 16.8 Å². The van der Waals surface area contributed by atoms with E-state index < -0.39 is 10.0 Å². The third-order valence-electron chi connectivity index (χ3n) is 1.93. The molecule has 0 aliphatic rings. The molecule has 1 aromatic rings. The van der Waals surface area contributed by atoms with Gasteiger partial charge >= 0.3 is 0 Å². The number of rotatable bonds is 6. The van der Waals surface area contributed by atoms with Crippen LogP contribution in [0.3, 0.4) is 0 Å². The van der Waals surface area contributed by atoms with Crippen LogP contribution in [0.2, 0.25) is 0 Å². The number of aromatic nitrogens is 1. The van der Waals surface area contributed by atoms with Gasteiger partial charge < -0.3 is 5.32 Å². The predicted octanol–water partition coefficient (Wildman–Crippen LogP) is 0.472. The molecule has 1 atom stereocenters. The standard InChI is InChI=1S/C8H15N3O2S2/c1-7(8-5-10-6-14-8)11-3-2-4-15(9,12)13/h5-7,11H,2-4H2,1H3,(H2,9,12,13). The molecule has 1 heterocycles. The molecule has 0 aromatic carbocycles. The molecule has 0 aliphatic heterocycles. The molecule has 0 saturated heterocycles. The Balaban J connectivity index is 2.21. The van der Waals surface area contributed by atoms with Gasteiger partial charge in [0.05, 0.1) is 11.3 Å². The van der Waals surface area contributed by atoms with Crippen LogP contribution in [0.1, 0.15) is 24.3 Å². The summed E-state index contributed by atoms with van der Waals surface area (Å²) >= 11 is 1.58. The Hall–Kier alpha value is -0.500. The normalized spacial score (nSPS) is 14.0. The zero-order valence-electron chi connectivity index (χ0n) is 8.51. The van der Waals surface area contributed by atoms with Crippen LogP contribution in [0.4, 0.5) is 0 Å². The molecule has 86 valence electrons. The minimum atomic E-state index is -3.33.